The highest BCUT2D eigenvalue weighted by Gasteiger charge is 2.46. The molecule has 1 fully saturated rings. The number of rotatable bonds is 4. The number of aryl methyl sites for hydroxylation is 1. The first-order chi connectivity index (χ1) is 13.6. The van der Waals surface area contributed by atoms with Crippen molar-refractivity contribution in [2.45, 2.75) is 43.3 Å². The maximum Gasteiger partial charge on any atom is 0.408 e. The highest BCUT2D eigenvalue weighted by Crippen LogP contribution is 2.33. The van der Waals surface area contributed by atoms with Crippen molar-refractivity contribution in [2.24, 2.45) is 0 Å². The van der Waals surface area contributed by atoms with E-state index < -0.39 is 28.1 Å². The van der Waals surface area contributed by atoms with Crippen LogP contribution in [0, 0.1) is 6.92 Å². The fraction of sp³-hybridized carbons (Fsp3) is 0.350. The molecule has 9 heteroatoms. The third-order valence-electron chi connectivity index (χ3n) is 4.83. The number of anilines is 1. The highest BCUT2D eigenvalue weighted by atomic mass is 32.2. The molecule has 1 saturated heterocycles. The summed E-state index contributed by atoms with van der Waals surface area (Å²) in [6.45, 7) is 1.82. The predicted octanol–water partition coefficient (Wildman–Crippen LogP) is 4.35. The molecule has 1 N–H and O–H groups in total. The van der Waals surface area contributed by atoms with E-state index in [9.17, 15) is 26.4 Å². The number of nitrogens with one attached hydrogen (secondary N) is 1. The molecular weight excluding hydrogens is 405 g/mol. The van der Waals surface area contributed by atoms with Gasteiger partial charge in [-0.25, -0.2) is 8.42 Å². The summed E-state index contributed by atoms with van der Waals surface area (Å²) >= 11 is 0. The van der Waals surface area contributed by atoms with E-state index in [1.54, 1.807) is 19.1 Å². The van der Waals surface area contributed by atoms with Crippen molar-refractivity contribution < 1.29 is 26.4 Å². The summed E-state index contributed by atoms with van der Waals surface area (Å²) in [7, 11) is -3.81. The van der Waals surface area contributed by atoms with Crippen LogP contribution in [0.1, 0.15) is 35.2 Å². The van der Waals surface area contributed by atoms with E-state index in [-0.39, 0.29) is 29.1 Å². The van der Waals surface area contributed by atoms with Gasteiger partial charge >= 0.3 is 6.18 Å². The lowest BCUT2D eigenvalue weighted by Crippen LogP contribution is -2.51. The van der Waals surface area contributed by atoms with Crippen LogP contribution in [-0.2, 0) is 10.0 Å². The quantitative estimate of drug-likeness (QED) is 0.790. The maximum absolute atomic E-state index is 13.2. The van der Waals surface area contributed by atoms with Crippen LogP contribution in [0.5, 0.6) is 0 Å². The Bertz CT molecular complexity index is 989. The molecule has 2 aromatic rings. The molecule has 29 heavy (non-hydrogen) atoms. The fourth-order valence-electron chi connectivity index (χ4n) is 3.36. The number of halogens is 3. The molecule has 0 radical (unpaired) electrons. The number of hydrogen-bond acceptors (Lipinski definition) is 3. The van der Waals surface area contributed by atoms with Gasteiger partial charge in [-0.15, -0.1) is 0 Å². The van der Waals surface area contributed by atoms with E-state index in [2.05, 4.69) is 4.72 Å². The Labute approximate surface area is 167 Å². The van der Waals surface area contributed by atoms with Gasteiger partial charge in [0.25, 0.3) is 15.9 Å². The van der Waals surface area contributed by atoms with Gasteiger partial charge < -0.3 is 4.90 Å². The summed E-state index contributed by atoms with van der Waals surface area (Å²) in [6.07, 6.45) is -3.64. The van der Waals surface area contributed by atoms with E-state index in [0.29, 0.717) is 12.8 Å². The Morgan fingerprint density at radius 1 is 1.10 bits per heavy atom. The predicted molar refractivity (Wildman–Crippen MR) is 103 cm³/mol. The van der Waals surface area contributed by atoms with E-state index in [1.165, 1.54) is 36.4 Å². The molecule has 0 saturated carbocycles. The molecule has 0 aliphatic carbocycles. The molecular formula is C20H21F3N2O3S. The zero-order chi connectivity index (χ0) is 21.2. The summed E-state index contributed by atoms with van der Waals surface area (Å²) in [5.74, 6) is -0.708. The Balaban J connectivity index is 1.77. The standard InChI is InChI=1S/C20H21F3N2O3S/c1-14-5-4-6-17(13-14)29(27,28)24-16-10-8-15(9-11-16)19(26)25-12-3-2-7-18(25)20(21,22)23/h4-6,8-11,13,18,24H,2-3,7,12H2,1H3. The molecule has 0 spiro atoms. The second-order valence-corrected chi connectivity index (χ2v) is 8.73. The second-order valence-electron chi connectivity index (χ2n) is 7.05. The zero-order valence-corrected chi connectivity index (χ0v) is 16.6. The third kappa shape index (κ3) is 4.90. The van der Waals surface area contributed by atoms with Gasteiger partial charge in [0.15, 0.2) is 0 Å². The molecule has 1 aliphatic rings. The average molecular weight is 426 g/mol. The first-order valence-electron chi connectivity index (χ1n) is 9.15. The molecule has 0 aromatic heterocycles. The SMILES string of the molecule is Cc1cccc(S(=O)(=O)Nc2ccc(C(=O)N3CCCCC3C(F)(F)F)cc2)c1. The monoisotopic (exact) mass is 426 g/mol. The Morgan fingerprint density at radius 3 is 2.41 bits per heavy atom. The number of hydrogen-bond donors (Lipinski definition) is 1. The van der Waals surface area contributed by atoms with Gasteiger partial charge in [0, 0.05) is 17.8 Å². The third-order valence-corrected chi connectivity index (χ3v) is 6.20. The first-order valence-corrected chi connectivity index (χ1v) is 10.6. The van der Waals surface area contributed by atoms with Crippen LogP contribution in [0.25, 0.3) is 0 Å². The smallest absolute Gasteiger partial charge is 0.327 e. The van der Waals surface area contributed by atoms with Crippen molar-refractivity contribution in [1.82, 2.24) is 4.90 Å². The summed E-state index contributed by atoms with van der Waals surface area (Å²) < 4.78 is 67.0. The van der Waals surface area contributed by atoms with Crippen LogP contribution in [0.4, 0.5) is 18.9 Å². The molecule has 5 nitrogen and oxygen atoms in total. The second kappa shape index (κ2) is 8.06. The number of benzene rings is 2. The molecule has 1 unspecified atom stereocenters. The van der Waals surface area contributed by atoms with Gasteiger partial charge in [-0.3, -0.25) is 9.52 Å². The highest BCUT2D eigenvalue weighted by molar-refractivity contribution is 7.92. The normalized spacial score (nSPS) is 17.8. The molecule has 3 rings (SSSR count). The van der Waals surface area contributed by atoms with Crippen molar-refractivity contribution in [3.05, 3.63) is 59.7 Å². The van der Waals surface area contributed by atoms with Gasteiger partial charge in [-0.05, 0) is 68.1 Å². The molecule has 1 aliphatic heterocycles. The lowest BCUT2D eigenvalue weighted by Gasteiger charge is -2.36. The Kier molecular flexibility index (Phi) is 5.88. The van der Waals surface area contributed by atoms with Crippen LogP contribution in [0.2, 0.25) is 0 Å². The van der Waals surface area contributed by atoms with Gasteiger partial charge in [-0.2, -0.15) is 13.2 Å². The van der Waals surface area contributed by atoms with Crippen LogP contribution in [0.3, 0.4) is 0 Å². The topological polar surface area (TPSA) is 66.5 Å². The number of piperidine rings is 1. The number of alkyl halides is 3. The van der Waals surface area contributed by atoms with Crippen molar-refractivity contribution >= 4 is 21.6 Å². The zero-order valence-electron chi connectivity index (χ0n) is 15.7. The largest absolute Gasteiger partial charge is 0.408 e. The number of sulfonamides is 1. The number of likely N-dealkylation sites (tertiary alicyclic amines) is 1. The molecule has 2 aromatic carbocycles. The molecule has 0 bridgehead atoms. The minimum absolute atomic E-state index is 0.0464. The maximum atomic E-state index is 13.2. The summed E-state index contributed by atoms with van der Waals surface area (Å²) in [6, 6.07) is 9.99. The minimum atomic E-state index is -4.47. The summed E-state index contributed by atoms with van der Waals surface area (Å²) in [5, 5.41) is 0. The van der Waals surface area contributed by atoms with E-state index >= 15 is 0 Å². The van der Waals surface area contributed by atoms with Gasteiger partial charge in [0.1, 0.15) is 6.04 Å². The van der Waals surface area contributed by atoms with Gasteiger partial charge in [0.05, 0.1) is 4.90 Å². The number of carbonyl (C=O) groups is 1. The van der Waals surface area contributed by atoms with E-state index in [1.807, 2.05) is 0 Å². The fourth-order valence-corrected chi connectivity index (χ4v) is 4.52. The van der Waals surface area contributed by atoms with Crippen LogP contribution in [-0.4, -0.2) is 38.0 Å². The lowest BCUT2D eigenvalue weighted by molar-refractivity contribution is -0.183. The van der Waals surface area contributed by atoms with Crippen LogP contribution < -0.4 is 4.72 Å². The molecule has 1 atom stereocenters. The van der Waals surface area contributed by atoms with E-state index in [0.717, 1.165) is 10.5 Å². The first kappa shape index (κ1) is 21.2. The van der Waals surface area contributed by atoms with Crippen LogP contribution in [0.15, 0.2) is 53.4 Å². The van der Waals surface area contributed by atoms with Crippen LogP contribution >= 0.6 is 0 Å². The van der Waals surface area contributed by atoms with Crippen molar-refractivity contribution in [3.8, 4) is 0 Å². The summed E-state index contributed by atoms with van der Waals surface area (Å²) in [4.78, 5) is 13.6. The molecule has 156 valence electrons. The van der Waals surface area contributed by atoms with E-state index in [4.69, 9.17) is 0 Å². The number of nitrogens with zero attached hydrogens (tertiary/aromatic N) is 1. The summed E-state index contributed by atoms with van der Waals surface area (Å²) in [5.41, 5.74) is 1.09. The van der Waals surface area contributed by atoms with Crippen molar-refractivity contribution in [3.63, 3.8) is 0 Å². The minimum Gasteiger partial charge on any atom is -0.327 e. The van der Waals surface area contributed by atoms with Gasteiger partial charge in [-0.1, -0.05) is 12.1 Å². The Hall–Kier alpha value is -2.55. The molecule has 1 amide bonds. The van der Waals surface area contributed by atoms with Crippen molar-refractivity contribution in [2.75, 3.05) is 11.3 Å². The van der Waals surface area contributed by atoms with Crippen molar-refractivity contribution in [1.29, 1.82) is 0 Å². The number of carbonyl (C=O) groups excluding carboxylic acids is 1. The van der Waals surface area contributed by atoms with Gasteiger partial charge in [0.2, 0.25) is 0 Å². The molecule has 1 heterocycles. The number of amides is 1. The lowest BCUT2D eigenvalue weighted by atomic mass is 10.0. The average Bonchev–Trinajstić information content (AvgIpc) is 2.67. The Morgan fingerprint density at radius 2 is 1.79 bits per heavy atom.